The molecule has 0 aliphatic carbocycles. The van der Waals surface area contributed by atoms with Crippen molar-refractivity contribution < 1.29 is 17.7 Å². The van der Waals surface area contributed by atoms with Crippen LogP contribution in [0.3, 0.4) is 0 Å². The molecule has 1 atom stereocenters. The highest BCUT2D eigenvalue weighted by molar-refractivity contribution is 14.0. The van der Waals surface area contributed by atoms with E-state index in [2.05, 4.69) is 39.5 Å². The van der Waals surface area contributed by atoms with Crippen molar-refractivity contribution in [2.24, 2.45) is 4.99 Å². The molecule has 178 valence electrons. The van der Waals surface area contributed by atoms with Crippen LogP contribution >= 0.6 is 24.0 Å². The lowest BCUT2D eigenvalue weighted by molar-refractivity contribution is -0.137. The Hall–Kier alpha value is -1.82. The summed E-state index contributed by atoms with van der Waals surface area (Å²) in [5.41, 5.74) is 1.18. The smallest absolute Gasteiger partial charge is 0.359 e. The first-order valence-corrected chi connectivity index (χ1v) is 10.6. The molecule has 2 aromatic rings. The van der Waals surface area contributed by atoms with E-state index in [4.69, 9.17) is 4.52 Å². The molecule has 0 spiro atoms. The monoisotopic (exact) mass is 565 g/mol. The SMILES string of the molecule is CCNC(=NCc1cc(C(C)C)no1)NC1CCN(Cc2ccc(C(F)(F)F)cc2)C1.I. The molecule has 1 aromatic carbocycles. The van der Waals surface area contributed by atoms with Crippen molar-refractivity contribution in [1.82, 2.24) is 20.7 Å². The first kappa shape index (κ1) is 26.4. The molecular weight excluding hydrogens is 534 g/mol. The number of likely N-dealkylation sites (tertiary alicyclic amines) is 1. The number of halogens is 4. The standard InChI is InChI=1S/C22H30F3N5O.HI/c1-4-26-21(27-12-19-11-20(15(2)3)29-31-19)28-18-9-10-30(14-18)13-16-5-7-17(8-6-16)22(23,24)25;/h5-8,11,15,18H,4,9-10,12-14H2,1-3H3,(H2,26,27,28);1H. The van der Waals surface area contributed by atoms with Crippen molar-refractivity contribution in [2.45, 2.75) is 58.4 Å². The molecule has 1 aliphatic rings. The zero-order valence-electron chi connectivity index (χ0n) is 18.6. The summed E-state index contributed by atoms with van der Waals surface area (Å²) in [6, 6.07) is 7.54. The summed E-state index contributed by atoms with van der Waals surface area (Å²) in [6.07, 6.45) is -3.36. The summed E-state index contributed by atoms with van der Waals surface area (Å²) < 4.78 is 43.5. The first-order chi connectivity index (χ1) is 14.7. The number of guanidine groups is 1. The van der Waals surface area contributed by atoms with Gasteiger partial charge in [-0.05, 0) is 37.0 Å². The minimum absolute atomic E-state index is 0. The van der Waals surface area contributed by atoms with Gasteiger partial charge < -0.3 is 15.2 Å². The average Bonchev–Trinajstić information content (AvgIpc) is 3.36. The zero-order chi connectivity index (χ0) is 22.4. The molecule has 1 aromatic heterocycles. The minimum Gasteiger partial charge on any atom is -0.359 e. The lowest BCUT2D eigenvalue weighted by Gasteiger charge is -2.19. The summed E-state index contributed by atoms with van der Waals surface area (Å²) in [5, 5.41) is 10.8. The van der Waals surface area contributed by atoms with Crippen molar-refractivity contribution in [3.63, 3.8) is 0 Å². The second-order valence-corrected chi connectivity index (χ2v) is 8.13. The van der Waals surface area contributed by atoms with Crippen LogP contribution in [0.15, 0.2) is 39.8 Å². The van der Waals surface area contributed by atoms with Crippen molar-refractivity contribution >= 4 is 29.9 Å². The van der Waals surface area contributed by atoms with Crippen LogP contribution in [0.1, 0.15) is 55.7 Å². The van der Waals surface area contributed by atoms with Gasteiger partial charge >= 0.3 is 6.18 Å². The second-order valence-electron chi connectivity index (χ2n) is 8.13. The van der Waals surface area contributed by atoms with E-state index in [1.807, 2.05) is 13.0 Å². The van der Waals surface area contributed by atoms with E-state index < -0.39 is 11.7 Å². The third kappa shape index (κ3) is 7.65. The minimum atomic E-state index is -4.30. The molecule has 10 heteroatoms. The van der Waals surface area contributed by atoms with E-state index in [0.29, 0.717) is 25.0 Å². The fourth-order valence-corrected chi connectivity index (χ4v) is 3.50. The second kappa shape index (κ2) is 11.9. The van der Waals surface area contributed by atoms with Crippen LogP contribution in [0.4, 0.5) is 13.2 Å². The Morgan fingerprint density at radius 3 is 2.59 bits per heavy atom. The lowest BCUT2D eigenvalue weighted by Crippen LogP contribution is -2.44. The molecule has 1 saturated heterocycles. The van der Waals surface area contributed by atoms with Crippen LogP contribution in [0.25, 0.3) is 0 Å². The molecule has 0 radical (unpaired) electrons. The topological polar surface area (TPSA) is 65.7 Å². The number of benzene rings is 1. The highest BCUT2D eigenvalue weighted by Gasteiger charge is 2.30. The molecule has 0 amide bonds. The predicted octanol–water partition coefficient (Wildman–Crippen LogP) is 4.76. The third-order valence-corrected chi connectivity index (χ3v) is 5.21. The summed E-state index contributed by atoms with van der Waals surface area (Å²) in [4.78, 5) is 6.83. The number of nitrogens with zero attached hydrogens (tertiary/aromatic N) is 3. The predicted molar refractivity (Wildman–Crippen MR) is 129 cm³/mol. The Kier molecular flexibility index (Phi) is 9.81. The number of aliphatic imine (C=N–C) groups is 1. The number of nitrogens with one attached hydrogen (secondary N) is 2. The Morgan fingerprint density at radius 1 is 1.28 bits per heavy atom. The molecule has 0 saturated carbocycles. The molecule has 1 unspecified atom stereocenters. The van der Waals surface area contributed by atoms with E-state index >= 15 is 0 Å². The Labute approximate surface area is 204 Å². The van der Waals surface area contributed by atoms with Crippen LogP contribution in [-0.2, 0) is 19.3 Å². The maximum Gasteiger partial charge on any atom is 0.416 e. The number of aromatic nitrogens is 1. The maximum absolute atomic E-state index is 12.7. The first-order valence-electron chi connectivity index (χ1n) is 10.6. The summed E-state index contributed by atoms with van der Waals surface area (Å²) in [6.45, 7) is 9.57. The van der Waals surface area contributed by atoms with Gasteiger partial charge in [-0.2, -0.15) is 13.2 Å². The van der Waals surface area contributed by atoms with Gasteiger partial charge in [0.2, 0.25) is 0 Å². The van der Waals surface area contributed by atoms with Gasteiger partial charge in [0.1, 0.15) is 6.54 Å². The van der Waals surface area contributed by atoms with Crippen LogP contribution in [-0.4, -0.2) is 41.7 Å². The largest absolute Gasteiger partial charge is 0.416 e. The number of hydrogen-bond acceptors (Lipinski definition) is 4. The number of hydrogen-bond donors (Lipinski definition) is 2. The van der Waals surface area contributed by atoms with E-state index in [-0.39, 0.29) is 30.0 Å². The fraction of sp³-hybridized carbons (Fsp3) is 0.545. The quantitative estimate of drug-likeness (QED) is 0.288. The van der Waals surface area contributed by atoms with Gasteiger partial charge in [0.05, 0.1) is 11.3 Å². The van der Waals surface area contributed by atoms with Crippen molar-refractivity contribution in [1.29, 1.82) is 0 Å². The van der Waals surface area contributed by atoms with Crippen LogP contribution in [0, 0.1) is 0 Å². The normalized spacial score (nSPS) is 17.5. The summed E-state index contributed by atoms with van der Waals surface area (Å²) in [5.74, 6) is 1.74. The molecular formula is C22H31F3IN5O. The Morgan fingerprint density at radius 2 is 2.00 bits per heavy atom. The van der Waals surface area contributed by atoms with Crippen molar-refractivity contribution in [3.05, 3.63) is 52.9 Å². The Balaban J connectivity index is 0.00000363. The van der Waals surface area contributed by atoms with Gasteiger partial charge in [-0.25, -0.2) is 4.99 Å². The average molecular weight is 565 g/mol. The molecule has 2 heterocycles. The maximum atomic E-state index is 12.7. The van der Waals surface area contributed by atoms with Crippen LogP contribution in [0.5, 0.6) is 0 Å². The molecule has 2 N–H and O–H groups in total. The summed E-state index contributed by atoms with van der Waals surface area (Å²) >= 11 is 0. The van der Waals surface area contributed by atoms with Gasteiger partial charge in [-0.15, -0.1) is 24.0 Å². The molecule has 1 aliphatic heterocycles. The third-order valence-electron chi connectivity index (χ3n) is 5.21. The van der Waals surface area contributed by atoms with Crippen molar-refractivity contribution in [3.8, 4) is 0 Å². The summed E-state index contributed by atoms with van der Waals surface area (Å²) in [7, 11) is 0. The highest BCUT2D eigenvalue weighted by Crippen LogP contribution is 2.29. The van der Waals surface area contributed by atoms with Gasteiger partial charge in [0.25, 0.3) is 0 Å². The van der Waals surface area contributed by atoms with E-state index in [0.717, 1.165) is 55.2 Å². The lowest BCUT2D eigenvalue weighted by atomic mass is 10.1. The molecule has 32 heavy (non-hydrogen) atoms. The van der Waals surface area contributed by atoms with Gasteiger partial charge in [0, 0.05) is 38.3 Å². The van der Waals surface area contributed by atoms with Gasteiger partial charge in [-0.3, -0.25) is 4.90 Å². The molecule has 3 rings (SSSR count). The number of alkyl halides is 3. The zero-order valence-corrected chi connectivity index (χ0v) is 20.9. The molecule has 0 bridgehead atoms. The van der Waals surface area contributed by atoms with Crippen molar-refractivity contribution in [2.75, 3.05) is 19.6 Å². The Bertz CT molecular complexity index is 867. The van der Waals surface area contributed by atoms with Crippen LogP contribution < -0.4 is 10.6 Å². The highest BCUT2D eigenvalue weighted by atomic mass is 127. The van der Waals surface area contributed by atoms with E-state index in [1.165, 1.54) is 0 Å². The van der Waals surface area contributed by atoms with Crippen LogP contribution in [0.2, 0.25) is 0 Å². The van der Waals surface area contributed by atoms with E-state index in [1.54, 1.807) is 12.1 Å². The van der Waals surface area contributed by atoms with Gasteiger partial charge in [0.15, 0.2) is 11.7 Å². The molecule has 6 nitrogen and oxygen atoms in total. The van der Waals surface area contributed by atoms with E-state index in [9.17, 15) is 13.2 Å². The number of rotatable bonds is 7. The molecule has 1 fully saturated rings. The van der Waals surface area contributed by atoms with Gasteiger partial charge in [-0.1, -0.05) is 31.1 Å². The fourth-order valence-electron chi connectivity index (χ4n) is 3.50.